The van der Waals surface area contributed by atoms with Crippen molar-refractivity contribution in [1.82, 2.24) is 10.6 Å². The summed E-state index contributed by atoms with van der Waals surface area (Å²) in [5.41, 5.74) is 6.17. The van der Waals surface area contributed by atoms with E-state index in [1.807, 2.05) is 36.4 Å². The molecular formula is C23H35N3O3. The highest BCUT2D eigenvalue weighted by atomic mass is 16.2. The van der Waals surface area contributed by atoms with E-state index in [0.717, 1.165) is 31.2 Å². The fourth-order valence-electron chi connectivity index (χ4n) is 3.01. The molecule has 3 amide bonds. The molecule has 4 N–H and O–H groups in total. The molecule has 1 rings (SSSR count). The van der Waals surface area contributed by atoms with Crippen molar-refractivity contribution in [2.75, 3.05) is 0 Å². The Morgan fingerprint density at radius 1 is 0.966 bits per heavy atom. The van der Waals surface area contributed by atoms with Gasteiger partial charge in [0.05, 0.1) is 0 Å². The molecule has 0 saturated carbocycles. The second kappa shape index (κ2) is 15.3. The maximum atomic E-state index is 12.5. The first-order valence-electron chi connectivity index (χ1n) is 10.5. The van der Waals surface area contributed by atoms with E-state index in [2.05, 4.69) is 17.2 Å². The van der Waals surface area contributed by atoms with Crippen LogP contribution in [0, 0.1) is 0 Å². The van der Waals surface area contributed by atoms with Gasteiger partial charge in [-0.15, -0.1) is 6.58 Å². The number of allylic oxidation sites excluding steroid dienone is 1. The van der Waals surface area contributed by atoms with Crippen molar-refractivity contribution in [1.29, 1.82) is 0 Å². The molecule has 0 unspecified atom stereocenters. The molecule has 160 valence electrons. The van der Waals surface area contributed by atoms with E-state index in [1.54, 1.807) is 0 Å². The number of rotatable bonds is 16. The molecular weight excluding hydrogens is 366 g/mol. The summed E-state index contributed by atoms with van der Waals surface area (Å²) in [6, 6.07) is 8.77. The van der Waals surface area contributed by atoms with Crippen molar-refractivity contribution in [2.45, 2.75) is 76.8 Å². The normalized spacial score (nSPS) is 11.4. The Bertz CT molecular complexity index is 632. The Morgan fingerprint density at radius 3 is 2.28 bits per heavy atom. The zero-order valence-electron chi connectivity index (χ0n) is 17.3. The monoisotopic (exact) mass is 401 g/mol. The van der Waals surface area contributed by atoms with Crippen LogP contribution in [-0.4, -0.2) is 23.8 Å². The largest absolute Gasteiger partial charge is 0.370 e. The van der Waals surface area contributed by atoms with Gasteiger partial charge in [-0.1, -0.05) is 62.1 Å². The highest BCUT2D eigenvalue weighted by Gasteiger charge is 2.21. The molecule has 0 aliphatic carbocycles. The van der Waals surface area contributed by atoms with Crippen LogP contribution in [0.15, 0.2) is 43.0 Å². The number of carbonyl (C=O) groups excluding carboxylic acids is 3. The Labute approximate surface area is 174 Å². The lowest BCUT2D eigenvalue weighted by molar-refractivity contribution is -0.129. The third kappa shape index (κ3) is 12.4. The molecule has 0 aromatic heterocycles. The second-order valence-corrected chi connectivity index (χ2v) is 7.28. The van der Waals surface area contributed by atoms with Crippen molar-refractivity contribution in [3.8, 4) is 0 Å². The lowest BCUT2D eigenvalue weighted by atomic mass is 10.1. The molecule has 0 aliphatic rings. The quantitative estimate of drug-likeness (QED) is 0.292. The number of nitrogens with two attached hydrogens (primary N) is 1. The minimum atomic E-state index is -0.752. The van der Waals surface area contributed by atoms with E-state index in [-0.39, 0.29) is 24.7 Å². The summed E-state index contributed by atoms with van der Waals surface area (Å²) in [5.74, 6) is -0.955. The lowest BCUT2D eigenvalue weighted by Gasteiger charge is -2.18. The molecule has 6 nitrogen and oxygen atoms in total. The molecule has 6 heteroatoms. The number of benzene rings is 1. The Morgan fingerprint density at radius 2 is 1.62 bits per heavy atom. The minimum Gasteiger partial charge on any atom is -0.370 e. The number of primary amides is 1. The lowest BCUT2D eigenvalue weighted by Crippen LogP contribution is -2.46. The minimum absolute atomic E-state index is 0.0500. The van der Waals surface area contributed by atoms with Crippen molar-refractivity contribution in [3.63, 3.8) is 0 Å². The molecule has 0 aliphatic heterocycles. The highest BCUT2D eigenvalue weighted by molar-refractivity contribution is 5.88. The molecule has 0 saturated heterocycles. The van der Waals surface area contributed by atoms with Crippen LogP contribution in [0.5, 0.6) is 0 Å². The SMILES string of the molecule is C=CCCCCCCCCC(=O)N[C@@H](CCC(N)=O)C(=O)NCc1ccccc1. The summed E-state index contributed by atoms with van der Waals surface area (Å²) in [6.45, 7) is 4.08. The van der Waals surface area contributed by atoms with Gasteiger partial charge >= 0.3 is 0 Å². The van der Waals surface area contributed by atoms with Crippen LogP contribution in [0.4, 0.5) is 0 Å². The standard InChI is InChI=1S/C23H35N3O3/c1-2-3-4-5-6-7-8-12-15-22(28)26-20(16-17-21(24)27)23(29)25-18-19-13-10-9-11-14-19/h2,9-11,13-14,20H,1,3-8,12,15-18H2,(H2,24,27)(H,25,29)(H,26,28)/t20-/m0/s1. The van der Waals surface area contributed by atoms with Crippen LogP contribution in [0.3, 0.4) is 0 Å². The van der Waals surface area contributed by atoms with Gasteiger partial charge in [-0.05, 0) is 31.2 Å². The maximum absolute atomic E-state index is 12.5. The zero-order valence-corrected chi connectivity index (χ0v) is 17.3. The van der Waals surface area contributed by atoms with Gasteiger partial charge < -0.3 is 16.4 Å². The van der Waals surface area contributed by atoms with Gasteiger partial charge in [0.1, 0.15) is 6.04 Å². The molecule has 0 bridgehead atoms. The Balaban J connectivity index is 2.35. The van der Waals surface area contributed by atoms with E-state index in [1.165, 1.54) is 19.3 Å². The number of nitrogens with one attached hydrogen (secondary N) is 2. The van der Waals surface area contributed by atoms with E-state index in [9.17, 15) is 14.4 Å². The fraction of sp³-hybridized carbons (Fsp3) is 0.522. The van der Waals surface area contributed by atoms with Crippen molar-refractivity contribution in [2.24, 2.45) is 5.73 Å². The van der Waals surface area contributed by atoms with Crippen LogP contribution < -0.4 is 16.4 Å². The van der Waals surface area contributed by atoms with Gasteiger partial charge in [0.25, 0.3) is 0 Å². The molecule has 29 heavy (non-hydrogen) atoms. The Kier molecular flexibility index (Phi) is 12.9. The number of amides is 3. The predicted octanol–water partition coefficient (Wildman–Crippen LogP) is 3.36. The van der Waals surface area contributed by atoms with Crippen LogP contribution >= 0.6 is 0 Å². The summed E-state index contributed by atoms with van der Waals surface area (Å²) >= 11 is 0. The molecule has 1 aromatic carbocycles. The van der Waals surface area contributed by atoms with Crippen molar-refractivity contribution in [3.05, 3.63) is 48.6 Å². The highest BCUT2D eigenvalue weighted by Crippen LogP contribution is 2.09. The van der Waals surface area contributed by atoms with Gasteiger partial charge in [0.2, 0.25) is 17.7 Å². The third-order valence-electron chi connectivity index (χ3n) is 4.70. The Hall–Kier alpha value is -2.63. The van der Waals surface area contributed by atoms with Crippen LogP contribution in [-0.2, 0) is 20.9 Å². The van der Waals surface area contributed by atoms with E-state index in [4.69, 9.17) is 5.73 Å². The second-order valence-electron chi connectivity index (χ2n) is 7.28. The van der Waals surface area contributed by atoms with E-state index >= 15 is 0 Å². The van der Waals surface area contributed by atoms with Crippen LogP contribution in [0.2, 0.25) is 0 Å². The molecule has 0 heterocycles. The smallest absolute Gasteiger partial charge is 0.242 e. The average Bonchev–Trinajstić information content (AvgIpc) is 2.71. The van der Waals surface area contributed by atoms with Gasteiger partial charge in [-0.3, -0.25) is 14.4 Å². The zero-order chi connectivity index (χ0) is 21.3. The molecule has 0 spiro atoms. The number of hydrogen-bond donors (Lipinski definition) is 3. The number of unbranched alkanes of at least 4 members (excludes halogenated alkanes) is 6. The van der Waals surface area contributed by atoms with Crippen LogP contribution in [0.1, 0.15) is 69.8 Å². The summed E-state index contributed by atoms with van der Waals surface area (Å²) in [4.78, 5) is 35.8. The third-order valence-corrected chi connectivity index (χ3v) is 4.70. The summed E-state index contributed by atoms with van der Waals surface area (Å²) < 4.78 is 0. The van der Waals surface area contributed by atoms with Gasteiger partial charge in [-0.25, -0.2) is 0 Å². The first-order chi connectivity index (χ1) is 14.0. The summed E-state index contributed by atoms with van der Waals surface area (Å²) in [6.07, 6.45) is 10.0. The summed E-state index contributed by atoms with van der Waals surface area (Å²) in [5, 5.41) is 5.57. The predicted molar refractivity (Wildman–Crippen MR) is 116 cm³/mol. The molecule has 0 fully saturated rings. The first-order valence-corrected chi connectivity index (χ1v) is 10.5. The molecule has 1 atom stereocenters. The maximum Gasteiger partial charge on any atom is 0.242 e. The van der Waals surface area contributed by atoms with Gasteiger partial charge in [0.15, 0.2) is 0 Å². The van der Waals surface area contributed by atoms with E-state index < -0.39 is 11.9 Å². The van der Waals surface area contributed by atoms with Gasteiger partial charge in [-0.2, -0.15) is 0 Å². The van der Waals surface area contributed by atoms with Crippen molar-refractivity contribution < 1.29 is 14.4 Å². The number of hydrogen-bond acceptors (Lipinski definition) is 3. The molecule has 1 aromatic rings. The fourth-order valence-corrected chi connectivity index (χ4v) is 3.01. The topological polar surface area (TPSA) is 101 Å². The summed E-state index contributed by atoms with van der Waals surface area (Å²) in [7, 11) is 0. The van der Waals surface area contributed by atoms with Crippen molar-refractivity contribution >= 4 is 17.7 Å². The van der Waals surface area contributed by atoms with E-state index in [0.29, 0.717) is 13.0 Å². The molecule has 0 radical (unpaired) electrons. The number of carbonyl (C=O) groups is 3. The average molecular weight is 402 g/mol. The first kappa shape index (κ1) is 24.4. The van der Waals surface area contributed by atoms with Gasteiger partial charge in [0, 0.05) is 19.4 Å². The van der Waals surface area contributed by atoms with Crippen LogP contribution in [0.25, 0.3) is 0 Å².